The van der Waals surface area contributed by atoms with Crippen LogP contribution in [0.3, 0.4) is 0 Å². The Morgan fingerprint density at radius 3 is 2.52 bits per heavy atom. The summed E-state index contributed by atoms with van der Waals surface area (Å²) in [4.78, 5) is 30.7. The fraction of sp³-hybridized carbons (Fsp3) is 0.455. The molecule has 7 heteroatoms. The second-order valence-electron chi connectivity index (χ2n) is 7.37. The molecule has 1 saturated heterocycles. The summed E-state index contributed by atoms with van der Waals surface area (Å²) in [6.45, 7) is 5.35. The van der Waals surface area contributed by atoms with Crippen LogP contribution in [0.1, 0.15) is 34.5 Å². The molecular formula is C22H26N2O4S. The second-order valence-corrected chi connectivity index (χ2v) is 8.40. The Balaban J connectivity index is 1.24. The van der Waals surface area contributed by atoms with Gasteiger partial charge in [-0.15, -0.1) is 11.3 Å². The third-order valence-electron chi connectivity index (χ3n) is 5.32. The number of carbonyl (C=O) groups excluding carboxylic acids is 2. The summed E-state index contributed by atoms with van der Waals surface area (Å²) in [5, 5.41) is 2.09. The predicted octanol–water partition coefficient (Wildman–Crippen LogP) is 3.22. The van der Waals surface area contributed by atoms with Gasteiger partial charge < -0.3 is 14.4 Å². The number of nitrogens with zero attached hydrogens (tertiary/aromatic N) is 2. The smallest absolute Gasteiger partial charge is 0.223 e. The van der Waals surface area contributed by atoms with Crippen molar-refractivity contribution in [3.8, 4) is 11.5 Å². The molecule has 2 aliphatic heterocycles. The van der Waals surface area contributed by atoms with Crippen molar-refractivity contribution in [2.45, 2.75) is 25.8 Å². The molecule has 1 amide bonds. The zero-order chi connectivity index (χ0) is 20.1. The van der Waals surface area contributed by atoms with Gasteiger partial charge in [-0.25, -0.2) is 0 Å². The van der Waals surface area contributed by atoms with E-state index < -0.39 is 0 Å². The second kappa shape index (κ2) is 9.41. The largest absolute Gasteiger partial charge is 0.490 e. The van der Waals surface area contributed by atoms with Gasteiger partial charge in [0.05, 0.1) is 13.2 Å². The van der Waals surface area contributed by atoms with Crippen molar-refractivity contribution in [1.29, 1.82) is 0 Å². The Bertz CT molecular complexity index is 845. The number of hydrogen-bond donors (Lipinski definition) is 0. The Morgan fingerprint density at radius 1 is 0.966 bits per heavy atom. The van der Waals surface area contributed by atoms with Gasteiger partial charge in [0.25, 0.3) is 0 Å². The summed E-state index contributed by atoms with van der Waals surface area (Å²) in [5.41, 5.74) is 0.572. The molecule has 3 heterocycles. The highest BCUT2D eigenvalue weighted by Crippen LogP contribution is 2.30. The van der Waals surface area contributed by atoms with E-state index >= 15 is 0 Å². The minimum Gasteiger partial charge on any atom is -0.490 e. The number of ether oxygens (including phenoxy) is 2. The van der Waals surface area contributed by atoms with Gasteiger partial charge in [0.15, 0.2) is 17.3 Å². The lowest BCUT2D eigenvalue weighted by Crippen LogP contribution is -2.48. The zero-order valence-corrected chi connectivity index (χ0v) is 17.3. The molecule has 0 spiro atoms. The Hall–Kier alpha value is -2.38. The van der Waals surface area contributed by atoms with Crippen molar-refractivity contribution in [1.82, 2.24) is 9.80 Å². The van der Waals surface area contributed by atoms with E-state index in [1.807, 2.05) is 4.90 Å². The zero-order valence-electron chi connectivity index (χ0n) is 16.5. The molecule has 4 rings (SSSR count). The third-order valence-corrected chi connectivity index (χ3v) is 6.18. The van der Waals surface area contributed by atoms with E-state index in [1.54, 1.807) is 29.5 Å². The molecule has 0 aliphatic carbocycles. The summed E-state index contributed by atoms with van der Waals surface area (Å²) < 4.78 is 11.3. The number of hydrogen-bond acceptors (Lipinski definition) is 6. The van der Waals surface area contributed by atoms with E-state index in [0.717, 1.165) is 39.1 Å². The van der Waals surface area contributed by atoms with Crippen LogP contribution in [0.25, 0.3) is 0 Å². The predicted molar refractivity (Wildman–Crippen MR) is 112 cm³/mol. The number of fused-ring (bicyclic) bond motifs is 1. The van der Waals surface area contributed by atoms with Gasteiger partial charge in [-0.05, 0) is 29.6 Å². The number of piperazine rings is 1. The Kier molecular flexibility index (Phi) is 6.46. The van der Waals surface area contributed by atoms with Crippen molar-refractivity contribution < 1.29 is 19.1 Å². The fourth-order valence-corrected chi connectivity index (χ4v) is 4.38. The number of rotatable bonds is 6. The van der Waals surface area contributed by atoms with Crippen LogP contribution in [0.15, 0.2) is 35.7 Å². The molecule has 0 saturated carbocycles. The number of amides is 1. The first-order valence-electron chi connectivity index (χ1n) is 10.1. The highest BCUT2D eigenvalue weighted by Gasteiger charge is 2.22. The Morgan fingerprint density at radius 2 is 1.76 bits per heavy atom. The van der Waals surface area contributed by atoms with Gasteiger partial charge in [-0.2, -0.15) is 0 Å². The van der Waals surface area contributed by atoms with Crippen LogP contribution in [0, 0.1) is 0 Å². The summed E-state index contributed by atoms with van der Waals surface area (Å²) in [6.07, 6.45) is 1.29. The van der Waals surface area contributed by atoms with Crippen molar-refractivity contribution in [2.24, 2.45) is 0 Å². The summed E-state index contributed by atoms with van der Waals surface area (Å²) in [5.74, 6) is 1.31. The van der Waals surface area contributed by atoms with Crippen LogP contribution < -0.4 is 9.47 Å². The molecule has 6 nitrogen and oxygen atoms in total. The quantitative estimate of drug-likeness (QED) is 0.680. The van der Waals surface area contributed by atoms with Gasteiger partial charge in [0.1, 0.15) is 0 Å². The standard InChI is InChI=1S/C22H26N2O4S/c25-19(17-4-6-20-21(15-17)28-13-2-12-27-20)5-7-22(26)24-10-8-23(9-11-24)16-18-3-1-14-29-18/h1,3-4,6,14-15H,2,5,7-13,16H2. The first kappa shape index (κ1) is 19.9. The van der Waals surface area contributed by atoms with E-state index in [1.165, 1.54) is 4.88 Å². The van der Waals surface area contributed by atoms with Gasteiger partial charge in [0.2, 0.25) is 5.91 Å². The molecule has 0 unspecified atom stereocenters. The minimum absolute atomic E-state index is 0.0367. The van der Waals surface area contributed by atoms with Crippen molar-refractivity contribution in [2.75, 3.05) is 39.4 Å². The summed E-state index contributed by atoms with van der Waals surface area (Å²) in [7, 11) is 0. The van der Waals surface area contributed by atoms with E-state index in [2.05, 4.69) is 22.4 Å². The topological polar surface area (TPSA) is 59.1 Å². The number of ketones is 1. The van der Waals surface area contributed by atoms with Crippen LogP contribution in [-0.4, -0.2) is 60.9 Å². The number of benzene rings is 1. The van der Waals surface area contributed by atoms with Crippen LogP contribution in [0.5, 0.6) is 11.5 Å². The maximum atomic E-state index is 12.6. The average Bonchev–Trinajstić information content (AvgIpc) is 3.14. The highest BCUT2D eigenvalue weighted by atomic mass is 32.1. The van der Waals surface area contributed by atoms with Crippen molar-refractivity contribution >= 4 is 23.0 Å². The summed E-state index contributed by atoms with van der Waals surface area (Å²) in [6, 6.07) is 9.48. The van der Waals surface area contributed by atoms with Gasteiger partial charge >= 0.3 is 0 Å². The van der Waals surface area contributed by atoms with Gasteiger partial charge in [-0.3, -0.25) is 14.5 Å². The summed E-state index contributed by atoms with van der Waals surface area (Å²) >= 11 is 1.77. The fourth-order valence-electron chi connectivity index (χ4n) is 3.64. The van der Waals surface area contributed by atoms with Crippen molar-refractivity contribution in [3.05, 3.63) is 46.2 Å². The molecule has 1 aromatic carbocycles. The normalized spacial score (nSPS) is 17.0. The average molecular weight is 415 g/mol. The highest BCUT2D eigenvalue weighted by molar-refractivity contribution is 7.09. The van der Waals surface area contributed by atoms with Crippen LogP contribution in [0.4, 0.5) is 0 Å². The lowest BCUT2D eigenvalue weighted by molar-refractivity contribution is -0.132. The molecule has 0 radical (unpaired) electrons. The monoisotopic (exact) mass is 414 g/mol. The maximum Gasteiger partial charge on any atom is 0.223 e. The van der Waals surface area contributed by atoms with E-state index in [0.29, 0.717) is 30.3 Å². The molecule has 154 valence electrons. The molecule has 2 aromatic rings. The first-order valence-corrected chi connectivity index (χ1v) is 11.0. The molecule has 1 fully saturated rings. The molecular weight excluding hydrogens is 388 g/mol. The van der Waals surface area contributed by atoms with E-state index in [9.17, 15) is 9.59 Å². The molecule has 29 heavy (non-hydrogen) atoms. The molecule has 2 aliphatic rings. The third kappa shape index (κ3) is 5.16. The number of thiophene rings is 1. The molecule has 0 bridgehead atoms. The van der Waals surface area contributed by atoms with Gasteiger partial charge in [-0.1, -0.05) is 6.07 Å². The van der Waals surface area contributed by atoms with E-state index in [-0.39, 0.29) is 24.5 Å². The first-order chi connectivity index (χ1) is 14.2. The Labute approximate surface area is 175 Å². The van der Waals surface area contributed by atoms with Crippen LogP contribution >= 0.6 is 11.3 Å². The van der Waals surface area contributed by atoms with Crippen LogP contribution in [0.2, 0.25) is 0 Å². The van der Waals surface area contributed by atoms with Crippen molar-refractivity contribution in [3.63, 3.8) is 0 Å². The van der Waals surface area contributed by atoms with Gasteiger partial charge in [0, 0.05) is 62.4 Å². The lowest BCUT2D eigenvalue weighted by Gasteiger charge is -2.34. The SMILES string of the molecule is O=C(CCC(=O)N1CCN(Cc2cccs2)CC1)c1ccc2c(c1)OCCCO2. The lowest BCUT2D eigenvalue weighted by atomic mass is 10.1. The van der Waals surface area contributed by atoms with Crippen LogP contribution in [-0.2, 0) is 11.3 Å². The molecule has 0 N–H and O–H groups in total. The number of Topliss-reactive ketones (excluding diaryl/α,β-unsaturated/α-hetero) is 1. The number of carbonyl (C=O) groups is 2. The minimum atomic E-state index is -0.0367. The molecule has 1 aromatic heterocycles. The van der Waals surface area contributed by atoms with E-state index in [4.69, 9.17) is 9.47 Å². The molecule has 0 atom stereocenters. The maximum absolute atomic E-state index is 12.6.